The van der Waals surface area contributed by atoms with Gasteiger partial charge in [-0.15, -0.1) is 0 Å². The number of amides is 1. The number of carbonyl (C=O) groups excluding carboxylic acids is 2. The zero-order valence-corrected chi connectivity index (χ0v) is 54.8. The lowest BCUT2D eigenvalue weighted by Gasteiger charge is -2.20. The molecule has 0 spiro atoms. The molecule has 0 aromatic carbocycles. The molecule has 0 saturated heterocycles. The third kappa shape index (κ3) is 67.1. The first-order chi connectivity index (χ1) is 40.0. The molecule has 2 unspecified atom stereocenters. The number of aliphatic hydroxyl groups excluding tert-OH is 2. The van der Waals surface area contributed by atoms with Crippen molar-refractivity contribution in [3.63, 3.8) is 0 Å². The molecule has 0 aromatic rings. The van der Waals surface area contributed by atoms with Crippen LogP contribution in [0.3, 0.4) is 0 Å². The van der Waals surface area contributed by atoms with Crippen LogP contribution in [0.4, 0.5) is 0 Å². The highest BCUT2D eigenvalue weighted by atomic mass is 16.5. The minimum absolute atomic E-state index is 0.0150. The van der Waals surface area contributed by atoms with Gasteiger partial charge in [-0.25, -0.2) is 0 Å². The van der Waals surface area contributed by atoms with Crippen LogP contribution in [0.15, 0.2) is 36.5 Å². The first-order valence-electron chi connectivity index (χ1n) is 36.8. The molecule has 0 fully saturated rings. The Labute approximate surface area is 506 Å². The van der Waals surface area contributed by atoms with Crippen LogP contribution in [-0.2, 0) is 14.3 Å². The number of unbranched alkanes of at least 4 members (excludes halogenated alkanes) is 54. The van der Waals surface area contributed by atoms with E-state index in [1.165, 1.54) is 334 Å². The minimum Gasteiger partial charge on any atom is -0.466 e. The van der Waals surface area contributed by atoms with E-state index in [0.29, 0.717) is 19.4 Å². The highest BCUT2D eigenvalue weighted by Crippen LogP contribution is 2.18. The van der Waals surface area contributed by atoms with Gasteiger partial charge in [0.1, 0.15) is 0 Å². The molecule has 478 valence electrons. The summed E-state index contributed by atoms with van der Waals surface area (Å²) < 4.78 is 5.51. The molecule has 0 saturated carbocycles. The van der Waals surface area contributed by atoms with E-state index in [1.807, 2.05) is 6.08 Å². The van der Waals surface area contributed by atoms with Gasteiger partial charge in [0.15, 0.2) is 0 Å². The number of nitrogens with one attached hydrogen (secondary N) is 1. The van der Waals surface area contributed by atoms with Crippen LogP contribution < -0.4 is 5.32 Å². The minimum atomic E-state index is -0.843. The summed E-state index contributed by atoms with van der Waals surface area (Å²) in [5.74, 6) is -0.0486. The van der Waals surface area contributed by atoms with Gasteiger partial charge >= 0.3 is 5.97 Å². The van der Waals surface area contributed by atoms with Crippen molar-refractivity contribution in [2.45, 2.75) is 418 Å². The van der Waals surface area contributed by atoms with E-state index in [-0.39, 0.29) is 18.5 Å². The summed E-state index contributed by atoms with van der Waals surface area (Å²) in [6.07, 6.45) is 91.0. The molecular weight excluding hydrogens is 995 g/mol. The number of rotatable bonds is 69. The fraction of sp³-hybridized carbons (Fsp3) is 0.893. The Bertz CT molecular complexity index is 1310. The molecule has 0 bridgehead atoms. The lowest BCUT2D eigenvalue weighted by atomic mass is 10.0. The van der Waals surface area contributed by atoms with Crippen molar-refractivity contribution in [2.75, 3.05) is 13.2 Å². The molecule has 0 aliphatic rings. The van der Waals surface area contributed by atoms with Crippen LogP contribution in [0.5, 0.6) is 0 Å². The third-order valence-corrected chi connectivity index (χ3v) is 17.1. The average Bonchev–Trinajstić information content (AvgIpc) is 3.47. The Kier molecular flexibility index (Phi) is 68.9. The molecule has 6 nitrogen and oxygen atoms in total. The van der Waals surface area contributed by atoms with Crippen molar-refractivity contribution in [3.05, 3.63) is 36.5 Å². The molecule has 2 atom stereocenters. The third-order valence-electron chi connectivity index (χ3n) is 17.1. The summed E-state index contributed by atoms with van der Waals surface area (Å²) >= 11 is 0. The fourth-order valence-corrected chi connectivity index (χ4v) is 11.5. The summed E-state index contributed by atoms with van der Waals surface area (Å²) in [6, 6.07) is -0.626. The number of carbonyl (C=O) groups is 2. The second kappa shape index (κ2) is 70.6. The van der Waals surface area contributed by atoms with E-state index in [4.69, 9.17) is 4.74 Å². The Morgan fingerprint density at radius 1 is 0.333 bits per heavy atom. The smallest absolute Gasteiger partial charge is 0.305 e. The lowest BCUT2D eigenvalue weighted by Crippen LogP contribution is -2.45. The van der Waals surface area contributed by atoms with Crippen LogP contribution in [0.25, 0.3) is 0 Å². The van der Waals surface area contributed by atoms with Crippen LogP contribution in [0.1, 0.15) is 406 Å². The van der Waals surface area contributed by atoms with E-state index < -0.39 is 12.1 Å². The van der Waals surface area contributed by atoms with E-state index >= 15 is 0 Å². The average molecular weight is 1140 g/mol. The van der Waals surface area contributed by atoms with Gasteiger partial charge in [0.05, 0.1) is 25.4 Å². The van der Waals surface area contributed by atoms with Crippen LogP contribution in [-0.4, -0.2) is 47.4 Å². The van der Waals surface area contributed by atoms with Gasteiger partial charge in [-0.05, 0) is 83.5 Å². The van der Waals surface area contributed by atoms with Gasteiger partial charge in [-0.1, -0.05) is 346 Å². The summed E-state index contributed by atoms with van der Waals surface area (Å²) in [7, 11) is 0. The van der Waals surface area contributed by atoms with Gasteiger partial charge in [0.25, 0.3) is 0 Å². The van der Waals surface area contributed by atoms with Gasteiger partial charge in [0, 0.05) is 12.8 Å². The largest absolute Gasteiger partial charge is 0.466 e. The molecule has 0 aliphatic carbocycles. The first-order valence-corrected chi connectivity index (χ1v) is 36.8. The van der Waals surface area contributed by atoms with Crippen molar-refractivity contribution in [1.82, 2.24) is 5.32 Å². The van der Waals surface area contributed by atoms with Gasteiger partial charge in [-0.3, -0.25) is 9.59 Å². The van der Waals surface area contributed by atoms with E-state index in [2.05, 4.69) is 43.5 Å². The second-order valence-electron chi connectivity index (χ2n) is 25.3. The van der Waals surface area contributed by atoms with E-state index in [9.17, 15) is 19.8 Å². The SMILES string of the molecule is CCCCCCCCC/C=C\CCCCCCCCCC(=O)OCCCCCCCCCCCCCC/C=C\CCCCCCCCCCCCCCCCCC(=O)NC(CO)C(O)/C=C/CCCCCCCCCCCCCCC. The second-order valence-corrected chi connectivity index (χ2v) is 25.3. The molecular formula is C75H143NO5. The maximum atomic E-state index is 12.5. The van der Waals surface area contributed by atoms with Crippen molar-refractivity contribution in [3.8, 4) is 0 Å². The topological polar surface area (TPSA) is 95.9 Å². The molecule has 0 radical (unpaired) electrons. The Morgan fingerprint density at radius 2 is 0.580 bits per heavy atom. The number of allylic oxidation sites excluding steroid dienone is 5. The van der Waals surface area contributed by atoms with Crippen molar-refractivity contribution < 1.29 is 24.5 Å². The van der Waals surface area contributed by atoms with Gasteiger partial charge in [-0.2, -0.15) is 0 Å². The number of hydrogen-bond acceptors (Lipinski definition) is 5. The van der Waals surface area contributed by atoms with Gasteiger partial charge < -0.3 is 20.3 Å². The zero-order valence-electron chi connectivity index (χ0n) is 54.8. The van der Waals surface area contributed by atoms with E-state index in [1.54, 1.807) is 6.08 Å². The quantitative estimate of drug-likeness (QED) is 0.0320. The molecule has 6 heteroatoms. The highest BCUT2D eigenvalue weighted by molar-refractivity contribution is 5.76. The maximum absolute atomic E-state index is 12.5. The van der Waals surface area contributed by atoms with Crippen molar-refractivity contribution >= 4 is 11.9 Å². The highest BCUT2D eigenvalue weighted by Gasteiger charge is 2.18. The number of aliphatic hydroxyl groups is 2. The molecule has 0 heterocycles. The Hall–Kier alpha value is -1.92. The molecule has 1 amide bonds. The monoisotopic (exact) mass is 1140 g/mol. The van der Waals surface area contributed by atoms with Crippen LogP contribution in [0, 0.1) is 0 Å². The fourth-order valence-electron chi connectivity index (χ4n) is 11.5. The Balaban J connectivity index is 3.36. The maximum Gasteiger partial charge on any atom is 0.305 e. The standard InChI is InChI=1S/C75H143NO5/c1-3-5-7-9-11-13-15-17-19-20-37-41-45-49-53-57-61-65-69-75(80)81-70-66-62-58-54-50-46-42-38-35-33-31-29-27-25-23-21-22-24-26-28-30-32-34-36-40-44-48-52-56-60-64-68-74(79)76-72(71-77)73(78)67-63-59-55-51-47-43-39-18-16-14-12-10-8-6-4-2/h19-20,23,25,63,67,72-73,77-78H,3-18,21-22,24,26-62,64-66,68-71H2,1-2H3,(H,76,79)/b20-19-,25-23-,67-63+. The van der Waals surface area contributed by atoms with Crippen LogP contribution >= 0.6 is 0 Å². The molecule has 81 heavy (non-hydrogen) atoms. The van der Waals surface area contributed by atoms with Gasteiger partial charge in [0.2, 0.25) is 5.91 Å². The zero-order chi connectivity index (χ0) is 58.5. The summed E-state index contributed by atoms with van der Waals surface area (Å²) in [5.41, 5.74) is 0. The lowest BCUT2D eigenvalue weighted by molar-refractivity contribution is -0.143. The normalized spacial score (nSPS) is 12.7. The Morgan fingerprint density at radius 3 is 0.877 bits per heavy atom. The summed E-state index contributed by atoms with van der Waals surface area (Å²) in [6.45, 7) is 4.93. The van der Waals surface area contributed by atoms with Crippen LogP contribution in [0.2, 0.25) is 0 Å². The van der Waals surface area contributed by atoms with E-state index in [0.717, 1.165) is 44.9 Å². The van der Waals surface area contributed by atoms with Crippen molar-refractivity contribution in [2.24, 2.45) is 0 Å². The summed E-state index contributed by atoms with van der Waals surface area (Å²) in [4.78, 5) is 24.6. The van der Waals surface area contributed by atoms with Crippen molar-refractivity contribution in [1.29, 1.82) is 0 Å². The number of ether oxygens (including phenoxy) is 1. The molecule has 0 aliphatic heterocycles. The molecule has 0 aromatic heterocycles. The summed E-state index contributed by atoms with van der Waals surface area (Å²) in [5, 5.41) is 23.2. The predicted molar refractivity (Wildman–Crippen MR) is 356 cm³/mol. The molecule has 3 N–H and O–H groups in total. The number of esters is 1. The molecule has 0 rings (SSSR count). The number of hydrogen-bond donors (Lipinski definition) is 3. The predicted octanol–water partition coefficient (Wildman–Crippen LogP) is 23.9. The first kappa shape index (κ1) is 79.1.